The first-order valence-corrected chi connectivity index (χ1v) is 37.1. The van der Waals surface area contributed by atoms with Gasteiger partial charge in [-0.1, -0.05) is 236 Å². The fraction of sp³-hybridized carbons (Fsp3) is 0.118. The number of anilines is 3. The van der Waals surface area contributed by atoms with E-state index in [-0.39, 0.29) is 19.8 Å². The van der Waals surface area contributed by atoms with Gasteiger partial charge in [-0.2, -0.15) is 0 Å². The Hall–Kier alpha value is -13.2. The smallest absolute Gasteiger partial charge is 0.149 e. The van der Waals surface area contributed by atoms with Crippen LogP contribution in [0.15, 0.2) is 309 Å². The first-order chi connectivity index (χ1) is 53.7. The molecule has 3 N–H and O–H groups in total. The summed E-state index contributed by atoms with van der Waals surface area (Å²) in [5.74, 6) is 20.2. The molecule has 524 valence electrons. The van der Waals surface area contributed by atoms with Gasteiger partial charge in [0.15, 0.2) is 0 Å². The lowest BCUT2D eigenvalue weighted by atomic mass is 9.67. The van der Waals surface area contributed by atoms with E-state index in [1.807, 2.05) is 57.2 Å². The predicted molar refractivity (Wildman–Crippen MR) is 440 cm³/mol. The molecule has 3 aliphatic rings. The summed E-state index contributed by atoms with van der Waals surface area (Å²) in [7, 11) is 0. The van der Waals surface area contributed by atoms with E-state index in [0.717, 1.165) is 183 Å². The van der Waals surface area contributed by atoms with Crippen molar-refractivity contribution in [1.29, 1.82) is 0 Å². The van der Waals surface area contributed by atoms with Crippen LogP contribution in [0.4, 0.5) is 17.1 Å². The molecule has 109 heavy (non-hydrogen) atoms. The maximum atomic E-state index is 11.0. The fourth-order valence-corrected chi connectivity index (χ4v) is 17.9. The third-order valence-electron chi connectivity index (χ3n) is 22.7. The highest BCUT2D eigenvalue weighted by molar-refractivity contribution is 5.95. The van der Waals surface area contributed by atoms with E-state index in [1.165, 1.54) is 0 Å². The summed E-state index contributed by atoms with van der Waals surface area (Å²) in [5.41, 5.74) is 22.9. The SMILES string of the molecule is CC#CCOc1ccc2cc(C3(c4ccc(N(c5ccc(C6(c7ccc8cc(OCC#CC)ccc8c7)c7ccccc7-c7ccc(CO)cc76)cc5)c5ccc(C6(c7ccc8cc(OCC#CC)ccc8c7)c7ccccc7-c7ccc(CO)cc76)cc5)cc4)c4ccccc4-c4ccc(CO)cc43)ccc2c1. The molecule has 3 atom stereocenters. The van der Waals surface area contributed by atoms with Gasteiger partial charge < -0.3 is 34.4 Å². The number of hydrogen-bond acceptors (Lipinski definition) is 7. The molecule has 0 aromatic heterocycles. The maximum Gasteiger partial charge on any atom is 0.149 e. The molecule has 15 aromatic rings. The van der Waals surface area contributed by atoms with Crippen LogP contribution < -0.4 is 19.1 Å². The minimum Gasteiger partial charge on any atom is -0.481 e. The largest absolute Gasteiger partial charge is 0.481 e. The molecule has 3 aliphatic carbocycles. The number of rotatable bonds is 18. The van der Waals surface area contributed by atoms with E-state index >= 15 is 0 Å². The minimum atomic E-state index is -0.814. The number of aliphatic hydroxyl groups excluding tert-OH is 3. The molecule has 0 spiro atoms. The molecule has 0 radical (unpaired) electrons. The monoisotopic (exact) mass is 1410 g/mol. The zero-order valence-electron chi connectivity index (χ0n) is 60.7. The summed E-state index contributed by atoms with van der Waals surface area (Å²) >= 11 is 0. The molecule has 0 saturated heterocycles. The normalized spacial score (nSPS) is 15.9. The molecule has 3 unspecified atom stereocenters. The van der Waals surface area contributed by atoms with Crippen molar-refractivity contribution in [3.8, 4) is 86.2 Å². The van der Waals surface area contributed by atoms with E-state index in [1.54, 1.807) is 0 Å². The zero-order valence-corrected chi connectivity index (χ0v) is 60.7. The van der Waals surface area contributed by atoms with Crippen molar-refractivity contribution in [2.45, 2.75) is 56.8 Å². The molecule has 0 aliphatic heterocycles. The molecule has 7 nitrogen and oxygen atoms in total. The van der Waals surface area contributed by atoms with Crippen LogP contribution in [0, 0.1) is 35.5 Å². The number of nitrogens with zero attached hydrogens (tertiary/aromatic N) is 1. The summed E-state index contributed by atoms with van der Waals surface area (Å²) in [5, 5.41) is 39.3. The number of benzene rings is 15. The Morgan fingerprint density at radius 1 is 0.257 bits per heavy atom. The van der Waals surface area contributed by atoms with Gasteiger partial charge in [-0.05, 0) is 261 Å². The molecule has 7 heteroatoms. The third-order valence-corrected chi connectivity index (χ3v) is 22.7. The highest BCUT2D eigenvalue weighted by atomic mass is 16.5. The molecule has 0 fully saturated rings. The van der Waals surface area contributed by atoms with Gasteiger partial charge in [-0.3, -0.25) is 0 Å². The average molecular weight is 1410 g/mol. The van der Waals surface area contributed by atoms with Crippen LogP contribution in [0.3, 0.4) is 0 Å². The zero-order chi connectivity index (χ0) is 73.8. The Labute approximate surface area is 635 Å². The average Bonchev–Trinajstić information content (AvgIpc) is 1.58. The van der Waals surface area contributed by atoms with Crippen LogP contribution in [-0.4, -0.2) is 35.1 Å². The van der Waals surface area contributed by atoms with Gasteiger partial charge in [0.05, 0.1) is 36.1 Å². The lowest BCUT2D eigenvalue weighted by Crippen LogP contribution is -2.29. The van der Waals surface area contributed by atoms with Crippen molar-refractivity contribution in [3.05, 3.63) is 393 Å². The fourth-order valence-electron chi connectivity index (χ4n) is 17.9. The van der Waals surface area contributed by atoms with E-state index in [0.29, 0.717) is 19.8 Å². The number of ether oxygens (including phenoxy) is 3. The second-order valence-corrected chi connectivity index (χ2v) is 28.3. The standard InChI is InChI=1S/C102H75NO6/c1-4-7-52-107-85-46-28-70-58-79(31-25-73(70)61-85)100(94-19-13-10-16-88(94)91-49-22-67(64-104)55-97(91)100)76-34-40-82(41-35-76)103(83-42-36-77(37-43-83)101(80-32-26-74-62-86(108-53-8-5-2)47-29-71(74)59-80)95-20-14-11-17-89(95)92-50-23-68(65-105)56-98(92)101)84-44-38-78(39-45-84)102(81-33-27-75-63-87(109-54-9-6-3)48-30-72(75)60-81)96-21-15-12-18-90(96)93-51-24-69(66-106)57-99(93)102/h10-51,55-63,104-106H,52-54,64-66H2,1-3H3. The van der Waals surface area contributed by atoms with Gasteiger partial charge in [-0.25, -0.2) is 0 Å². The van der Waals surface area contributed by atoms with Crippen molar-refractivity contribution in [1.82, 2.24) is 0 Å². The lowest BCUT2D eigenvalue weighted by molar-refractivity contribution is 0.281. The second kappa shape index (κ2) is 28.0. The molecule has 0 amide bonds. The molecule has 18 rings (SSSR count). The maximum absolute atomic E-state index is 11.0. The summed E-state index contributed by atoms with van der Waals surface area (Å²) in [6, 6.07) is 112. The van der Waals surface area contributed by atoms with Gasteiger partial charge in [0.2, 0.25) is 0 Å². The Morgan fingerprint density at radius 2 is 0.514 bits per heavy atom. The van der Waals surface area contributed by atoms with Gasteiger partial charge in [0.25, 0.3) is 0 Å². The van der Waals surface area contributed by atoms with Gasteiger partial charge in [0.1, 0.15) is 37.1 Å². The van der Waals surface area contributed by atoms with Crippen molar-refractivity contribution in [3.63, 3.8) is 0 Å². The third kappa shape index (κ3) is 11.1. The summed E-state index contributed by atoms with van der Waals surface area (Å²) in [4.78, 5) is 2.37. The Balaban J connectivity index is 0.836. The topological polar surface area (TPSA) is 91.6 Å². The molecular formula is C102H75NO6. The second-order valence-electron chi connectivity index (χ2n) is 28.3. The van der Waals surface area contributed by atoms with Gasteiger partial charge >= 0.3 is 0 Å². The first-order valence-electron chi connectivity index (χ1n) is 37.1. The van der Waals surface area contributed by atoms with Crippen LogP contribution in [0.1, 0.15) is 104 Å². The van der Waals surface area contributed by atoms with E-state index in [9.17, 15) is 15.3 Å². The highest BCUT2D eigenvalue weighted by Crippen LogP contribution is 2.61. The summed E-state index contributed by atoms with van der Waals surface area (Å²) in [6.45, 7) is 6.07. The molecule has 0 heterocycles. The van der Waals surface area contributed by atoms with Crippen LogP contribution in [0.5, 0.6) is 17.2 Å². The number of aliphatic hydroxyl groups is 3. The van der Waals surface area contributed by atoms with Crippen molar-refractivity contribution in [2.24, 2.45) is 0 Å². The molecule has 0 saturated carbocycles. The molecule has 15 aromatic carbocycles. The van der Waals surface area contributed by atoms with Gasteiger partial charge in [0, 0.05) is 17.1 Å². The minimum absolute atomic E-state index is 0.106. The van der Waals surface area contributed by atoms with Crippen molar-refractivity contribution < 1.29 is 29.5 Å². The van der Waals surface area contributed by atoms with E-state index in [2.05, 4.69) is 313 Å². The van der Waals surface area contributed by atoms with Crippen LogP contribution >= 0.6 is 0 Å². The van der Waals surface area contributed by atoms with Gasteiger partial charge in [-0.15, -0.1) is 17.8 Å². The first kappa shape index (κ1) is 67.7. The Morgan fingerprint density at radius 3 is 0.798 bits per heavy atom. The molecule has 0 bridgehead atoms. The number of hydrogen-bond donors (Lipinski definition) is 3. The number of fused-ring (bicyclic) bond motifs is 12. The van der Waals surface area contributed by atoms with Crippen molar-refractivity contribution >= 4 is 49.4 Å². The quantitative estimate of drug-likeness (QED) is 0.0737. The summed E-state index contributed by atoms with van der Waals surface area (Å²) in [6.07, 6.45) is 0. The molecular weight excluding hydrogens is 1340 g/mol. The van der Waals surface area contributed by atoms with E-state index < -0.39 is 16.2 Å². The van der Waals surface area contributed by atoms with Crippen LogP contribution in [0.25, 0.3) is 65.7 Å². The Kier molecular flexibility index (Phi) is 17.4. The Bertz CT molecular complexity index is 5730. The predicted octanol–water partition coefficient (Wildman–Crippen LogP) is 21.4. The lowest BCUT2D eigenvalue weighted by Gasteiger charge is -2.36. The van der Waals surface area contributed by atoms with E-state index in [4.69, 9.17) is 14.2 Å². The van der Waals surface area contributed by atoms with Crippen LogP contribution in [-0.2, 0) is 36.1 Å². The van der Waals surface area contributed by atoms with Crippen LogP contribution in [0.2, 0.25) is 0 Å². The highest BCUT2D eigenvalue weighted by Gasteiger charge is 2.50. The summed E-state index contributed by atoms with van der Waals surface area (Å²) < 4.78 is 18.2. The van der Waals surface area contributed by atoms with Crippen molar-refractivity contribution in [2.75, 3.05) is 24.7 Å².